The summed E-state index contributed by atoms with van der Waals surface area (Å²) in [5, 5.41) is 0. The summed E-state index contributed by atoms with van der Waals surface area (Å²) in [6.45, 7) is 6.77. The summed E-state index contributed by atoms with van der Waals surface area (Å²) < 4.78 is 0. The van der Waals surface area contributed by atoms with Gasteiger partial charge in [0.25, 0.3) is 0 Å². The maximum atomic E-state index is 2.31. The first kappa shape index (κ1) is 18.8. The van der Waals surface area contributed by atoms with Crippen molar-refractivity contribution in [2.45, 2.75) is 78.1 Å². The van der Waals surface area contributed by atoms with Crippen molar-refractivity contribution in [1.82, 2.24) is 0 Å². The molecule has 0 heteroatoms. The van der Waals surface area contributed by atoms with E-state index in [0.717, 1.165) is 0 Å². The fourth-order valence-electron chi connectivity index (χ4n) is 3.21. The molecule has 0 aliphatic rings. The van der Waals surface area contributed by atoms with Crippen molar-refractivity contribution in [1.29, 1.82) is 0 Å². The third kappa shape index (κ3) is 6.15. The van der Waals surface area contributed by atoms with E-state index in [1.165, 1.54) is 73.6 Å². The number of hydrogen-bond acceptors (Lipinski definition) is 0. The van der Waals surface area contributed by atoms with Gasteiger partial charge in [-0.3, -0.25) is 0 Å². The van der Waals surface area contributed by atoms with Crippen LogP contribution in [0.25, 0.3) is 11.1 Å². The Morgan fingerprint density at radius 3 is 1.67 bits per heavy atom. The lowest BCUT2D eigenvalue weighted by molar-refractivity contribution is 0.589. The minimum Gasteiger partial charge on any atom is -0.0654 e. The van der Waals surface area contributed by atoms with Crippen LogP contribution in [0.15, 0.2) is 48.5 Å². The standard InChI is InChI=1S/C24H34/c1-4-5-6-7-8-9-10-11-21-12-14-23(15-13-21)24-18-16-22(17-19-24)20(2)3/h12-20H,4-11H2,1-3H3. The molecule has 0 aliphatic heterocycles. The van der Waals surface area contributed by atoms with Crippen molar-refractivity contribution in [3.05, 3.63) is 59.7 Å². The molecule has 130 valence electrons. The van der Waals surface area contributed by atoms with E-state index in [0.29, 0.717) is 5.92 Å². The quantitative estimate of drug-likeness (QED) is 0.392. The van der Waals surface area contributed by atoms with Gasteiger partial charge in [-0.15, -0.1) is 0 Å². The zero-order valence-electron chi connectivity index (χ0n) is 15.9. The van der Waals surface area contributed by atoms with Crippen molar-refractivity contribution in [2.24, 2.45) is 0 Å². The molecule has 0 radical (unpaired) electrons. The molecule has 0 bridgehead atoms. The van der Waals surface area contributed by atoms with Gasteiger partial charge in [0.2, 0.25) is 0 Å². The molecule has 0 aromatic heterocycles. The van der Waals surface area contributed by atoms with Gasteiger partial charge in [-0.05, 0) is 41.0 Å². The monoisotopic (exact) mass is 322 g/mol. The SMILES string of the molecule is CCCCCCCCCc1ccc(-c2ccc(C(C)C)cc2)cc1. The minimum atomic E-state index is 0.600. The fourth-order valence-corrected chi connectivity index (χ4v) is 3.21. The summed E-state index contributed by atoms with van der Waals surface area (Å²) in [4.78, 5) is 0. The molecule has 0 N–H and O–H groups in total. The van der Waals surface area contributed by atoms with Crippen LogP contribution in [0, 0.1) is 0 Å². The van der Waals surface area contributed by atoms with Gasteiger partial charge >= 0.3 is 0 Å². The molecular formula is C24H34. The highest BCUT2D eigenvalue weighted by Crippen LogP contribution is 2.23. The van der Waals surface area contributed by atoms with Crippen molar-refractivity contribution in [2.75, 3.05) is 0 Å². The van der Waals surface area contributed by atoms with Crippen LogP contribution in [0.4, 0.5) is 0 Å². The van der Waals surface area contributed by atoms with Gasteiger partial charge in [-0.1, -0.05) is 108 Å². The number of unbranched alkanes of at least 4 members (excludes halogenated alkanes) is 6. The molecule has 0 aliphatic carbocycles. The molecule has 2 aromatic carbocycles. The van der Waals surface area contributed by atoms with Crippen molar-refractivity contribution in [3.8, 4) is 11.1 Å². The first-order chi connectivity index (χ1) is 11.7. The van der Waals surface area contributed by atoms with Gasteiger partial charge in [0, 0.05) is 0 Å². The molecule has 0 fully saturated rings. The topological polar surface area (TPSA) is 0 Å². The smallest absolute Gasteiger partial charge is 0.0184 e. The molecule has 2 rings (SSSR count). The molecule has 24 heavy (non-hydrogen) atoms. The molecule has 0 atom stereocenters. The van der Waals surface area contributed by atoms with Crippen LogP contribution in [0.1, 0.15) is 82.8 Å². The fraction of sp³-hybridized carbons (Fsp3) is 0.500. The summed E-state index contributed by atoms with van der Waals surface area (Å²) in [6, 6.07) is 18.2. The van der Waals surface area contributed by atoms with Gasteiger partial charge in [0.15, 0.2) is 0 Å². The van der Waals surface area contributed by atoms with Crippen LogP contribution >= 0.6 is 0 Å². The molecule has 2 aromatic rings. The van der Waals surface area contributed by atoms with Gasteiger partial charge in [0.1, 0.15) is 0 Å². The van der Waals surface area contributed by atoms with E-state index in [2.05, 4.69) is 69.3 Å². The second-order valence-electron chi connectivity index (χ2n) is 7.34. The van der Waals surface area contributed by atoms with E-state index in [1.807, 2.05) is 0 Å². The first-order valence-corrected chi connectivity index (χ1v) is 9.90. The van der Waals surface area contributed by atoms with Gasteiger partial charge in [0.05, 0.1) is 0 Å². The number of benzene rings is 2. The second-order valence-corrected chi connectivity index (χ2v) is 7.34. The van der Waals surface area contributed by atoms with Crippen molar-refractivity contribution in [3.63, 3.8) is 0 Å². The lowest BCUT2D eigenvalue weighted by atomic mass is 9.97. The predicted octanol–water partition coefficient (Wildman–Crippen LogP) is 7.77. The maximum absolute atomic E-state index is 2.31. The summed E-state index contributed by atoms with van der Waals surface area (Å²) in [5.41, 5.74) is 5.54. The van der Waals surface area contributed by atoms with Crippen LogP contribution in [0.2, 0.25) is 0 Å². The number of hydrogen-bond donors (Lipinski definition) is 0. The van der Waals surface area contributed by atoms with Crippen LogP contribution in [-0.4, -0.2) is 0 Å². The third-order valence-electron chi connectivity index (χ3n) is 4.93. The Balaban J connectivity index is 1.78. The lowest BCUT2D eigenvalue weighted by Gasteiger charge is -2.08. The summed E-state index contributed by atoms with van der Waals surface area (Å²) in [7, 11) is 0. The lowest BCUT2D eigenvalue weighted by Crippen LogP contribution is -1.88. The Morgan fingerprint density at radius 1 is 0.625 bits per heavy atom. The Labute approximate surface area is 149 Å². The van der Waals surface area contributed by atoms with E-state index in [1.54, 1.807) is 0 Å². The van der Waals surface area contributed by atoms with Crippen LogP contribution in [0.5, 0.6) is 0 Å². The molecule has 0 amide bonds. The van der Waals surface area contributed by atoms with E-state index >= 15 is 0 Å². The van der Waals surface area contributed by atoms with E-state index < -0.39 is 0 Å². The molecular weight excluding hydrogens is 288 g/mol. The normalized spacial score (nSPS) is 11.2. The molecule has 0 saturated carbocycles. The maximum Gasteiger partial charge on any atom is -0.0184 e. The number of aryl methyl sites for hydroxylation is 1. The predicted molar refractivity (Wildman–Crippen MR) is 108 cm³/mol. The summed E-state index contributed by atoms with van der Waals surface area (Å²) in [5.74, 6) is 0.600. The Kier molecular flexibility index (Phi) is 8.08. The highest BCUT2D eigenvalue weighted by molar-refractivity contribution is 5.64. The van der Waals surface area contributed by atoms with Crippen molar-refractivity contribution < 1.29 is 0 Å². The molecule has 0 nitrogen and oxygen atoms in total. The molecule has 0 unspecified atom stereocenters. The Hall–Kier alpha value is -1.56. The Morgan fingerprint density at radius 2 is 1.12 bits per heavy atom. The average Bonchev–Trinajstić information content (AvgIpc) is 2.61. The highest BCUT2D eigenvalue weighted by Gasteiger charge is 2.01. The minimum absolute atomic E-state index is 0.600. The van der Waals surface area contributed by atoms with Gasteiger partial charge in [-0.2, -0.15) is 0 Å². The van der Waals surface area contributed by atoms with E-state index in [4.69, 9.17) is 0 Å². The second kappa shape index (κ2) is 10.3. The van der Waals surface area contributed by atoms with Crippen LogP contribution in [0.3, 0.4) is 0 Å². The first-order valence-electron chi connectivity index (χ1n) is 9.90. The van der Waals surface area contributed by atoms with Gasteiger partial charge < -0.3 is 0 Å². The largest absolute Gasteiger partial charge is 0.0654 e. The van der Waals surface area contributed by atoms with E-state index in [9.17, 15) is 0 Å². The zero-order valence-corrected chi connectivity index (χ0v) is 15.9. The summed E-state index contributed by atoms with van der Waals surface area (Å²) >= 11 is 0. The Bertz CT molecular complexity index is 560. The third-order valence-corrected chi connectivity index (χ3v) is 4.93. The molecule has 0 heterocycles. The summed E-state index contributed by atoms with van der Waals surface area (Å²) in [6.07, 6.45) is 10.9. The van der Waals surface area contributed by atoms with E-state index in [-0.39, 0.29) is 0 Å². The zero-order chi connectivity index (χ0) is 17.2. The van der Waals surface area contributed by atoms with Crippen LogP contribution < -0.4 is 0 Å². The number of rotatable bonds is 10. The average molecular weight is 323 g/mol. The van der Waals surface area contributed by atoms with Crippen molar-refractivity contribution >= 4 is 0 Å². The molecule has 0 spiro atoms. The highest BCUT2D eigenvalue weighted by atomic mass is 14.1. The van der Waals surface area contributed by atoms with Gasteiger partial charge in [-0.25, -0.2) is 0 Å². The molecule has 0 saturated heterocycles. The van der Waals surface area contributed by atoms with Crippen LogP contribution in [-0.2, 0) is 6.42 Å².